The monoisotopic (exact) mass is 558 g/mol. The summed E-state index contributed by atoms with van der Waals surface area (Å²) in [5.41, 5.74) is 3.37. The van der Waals surface area contributed by atoms with Gasteiger partial charge in [0.25, 0.3) is 0 Å². The number of aromatic nitrogens is 3. The third kappa shape index (κ3) is 6.04. The number of halogens is 1. The molecule has 4 aromatic rings. The Morgan fingerprint density at radius 1 is 0.927 bits per heavy atom. The minimum Gasteiger partial charge on any atom is -0.438 e. The number of piperidine rings is 1. The van der Waals surface area contributed by atoms with Crippen LogP contribution in [0.4, 0.5) is 33.1 Å². The molecule has 0 bridgehead atoms. The smallest absolute Gasteiger partial charge is 0.235 e. The maximum Gasteiger partial charge on any atom is 0.235 e. The zero-order valence-corrected chi connectivity index (χ0v) is 23.4. The highest BCUT2D eigenvalue weighted by Crippen LogP contribution is 2.38. The normalized spacial score (nSPS) is 16.2. The summed E-state index contributed by atoms with van der Waals surface area (Å²) in [6, 6.07) is 12.3. The number of aromatic amines is 1. The zero-order valence-electron chi connectivity index (χ0n) is 23.4. The highest BCUT2D eigenvalue weighted by molar-refractivity contribution is 5.96. The lowest BCUT2D eigenvalue weighted by Crippen LogP contribution is -2.44. The van der Waals surface area contributed by atoms with E-state index in [2.05, 4.69) is 37.4 Å². The Labute approximate surface area is 238 Å². The number of anilines is 5. The van der Waals surface area contributed by atoms with E-state index in [1.807, 2.05) is 24.4 Å². The summed E-state index contributed by atoms with van der Waals surface area (Å²) in [4.78, 5) is 31.0. The van der Waals surface area contributed by atoms with Crippen molar-refractivity contribution in [1.82, 2.24) is 19.9 Å². The van der Waals surface area contributed by atoms with Crippen LogP contribution in [-0.2, 0) is 4.79 Å². The summed E-state index contributed by atoms with van der Waals surface area (Å²) < 4.78 is 21.5. The highest BCUT2D eigenvalue weighted by atomic mass is 19.1. The number of hydrogen-bond acceptors (Lipinski definition) is 8. The summed E-state index contributed by atoms with van der Waals surface area (Å²) in [6.07, 6.45) is 5.40. The predicted molar refractivity (Wildman–Crippen MR) is 160 cm³/mol. The molecule has 2 aromatic carbocycles. The van der Waals surface area contributed by atoms with Crippen molar-refractivity contribution in [3.05, 3.63) is 54.5 Å². The van der Waals surface area contributed by atoms with Crippen LogP contribution >= 0.6 is 0 Å². The molecule has 0 aliphatic carbocycles. The van der Waals surface area contributed by atoms with Gasteiger partial charge in [0.2, 0.25) is 17.7 Å². The van der Waals surface area contributed by atoms with Gasteiger partial charge in [0.05, 0.1) is 11.4 Å². The SMILES string of the molecule is CC(=O)Nc1cccc(Oc2nc(Nc3ccc(N4CCN(C)CC4)c(F)c3)nc3[nH]cc(N4CCCCC4)c23)c1. The Balaban J connectivity index is 1.32. The number of benzene rings is 2. The number of rotatable bonds is 7. The lowest BCUT2D eigenvalue weighted by atomic mass is 10.1. The lowest BCUT2D eigenvalue weighted by molar-refractivity contribution is -0.114. The van der Waals surface area contributed by atoms with E-state index < -0.39 is 0 Å². The molecule has 6 rings (SSSR count). The van der Waals surface area contributed by atoms with Crippen molar-refractivity contribution < 1.29 is 13.9 Å². The fraction of sp³-hybridized carbons (Fsp3) is 0.367. The van der Waals surface area contributed by atoms with Crippen LogP contribution in [0.2, 0.25) is 0 Å². The molecular formula is C30H35FN8O2. The van der Waals surface area contributed by atoms with Gasteiger partial charge in [0.1, 0.15) is 22.6 Å². The molecule has 3 N–H and O–H groups in total. The second-order valence-corrected chi connectivity index (χ2v) is 10.7. The average molecular weight is 559 g/mol. The molecule has 1 amide bonds. The number of nitrogens with one attached hydrogen (secondary N) is 3. The van der Waals surface area contributed by atoms with Gasteiger partial charge in [0.15, 0.2) is 0 Å². The van der Waals surface area contributed by atoms with Gasteiger partial charge in [0, 0.05) is 69.8 Å². The second-order valence-electron chi connectivity index (χ2n) is 10.7. The lowest BCUT2D eigenvalue weighted by Gasteiger charge is -2.34. The van der Waals surface area contributed by atoms with Crippen LogP contribution in [0.5, 0.6) is 11.6 Å². The fourth-order valence-electron chi connectivity index (χ4n) is 5.47. The first-order valence-electron chi connectivity index (χ1n) is 14.1. The maximum atomic E-state index is 15.2. The van der Waals surface area contributed by atoms with E-state index in [-0.39, 0.29) is 17.7 Å². The Morgan fingerprint density at radius 2 is 1.71 bits per heavy atom. The third-order valence-corrected chi connectivity index (χ3v) is 7.59. The Kier molecular flexibility index (Phi) is 7.60. The molecule has 0 saturated carbocycles. The number of carbonyl (C=O) groups excluding carboxylic acids is 1. The fourth-order valence-corrected chi connectivity index (χ4v) is 5.47. The quantitative estimate of drug-likeness (QED) is 0.280. The number of amides is 1. The van der Waals surface area contributed by atoms with Gasteiger partial charge in [-0.25, -0.2) is 4.39 Å². The molecule has 214 valence electrons. The number of fused-ring (bicyclic) bond motifs is 1. The van der Waals surface area contributed by atoms with Crippen LogP contribution in [0.25, 0.3) is 11.0 Å². The molecule has 0 radical (unpaired) electrons. The van der Waals surface area contributed by atoms with Crippen LogP contribution in [0.1, 0.15) is 26.2 Å². The molecule has 2 saturated heterocycles. The standard InChI is InChI=1S/C30H35FN8O2/c1-20(40)33-21-7-6-8-23(17-21)41-29-27-26(38-11-4-3-5-12-38)19-32-28(27)35-30(36-29)34-22-9-10-25(24(31)18-22)39-15-13-37(2)14-16-39/h6-10,17-19H,3-5,11-16H2,1-2H3,(H,33,40)(H2,32,34,35,36). The Hall–Kier alpha value is -4.38. The molecule has 0 unspecified atom stereocenters. The molecule has 4 heterocycles. The molecule has 10 nitrogen and oxygen atoms in total. The van der Waals surface area contributed by atoms with Gasteiger partial charge >= 0.3 is 0 Å². The summed E-state index contributed by atoms with van der Waals surface area (Å²) in [7, 11) is 2.08. The van der Waals surface area contributed by atoms with E-state index in [1.54, 1.807) is 18.2 Å². The molecule has 2 aliphatic heterocycles. The van der Waals surface area contributed by atoms with Crippen molar-refractivity contribution >= 4 is 45.6 Å². The summed E-state index contributed by atoms with van der Waals surface area (Å²) in [6.45, 7) is 6.74. The van der Waals surface area contributed by atoms with Crippen LogP contribution in [-0.4, -0.2) is 72.1 Å². The van der Waals surface area contributed by atoms with E-state index >= 15 is 4.39 Å². The van der Waals surface area contributed by atoms with Gasteiger partial charge in [-0.2, -0.15) is 9.97 Å². The summed E-state index contributed by atoms with van der Waals surface area (Å²) in [5.74, 6) is 0.717. The highest BCUT2D eigenvalue weighted by Gasteiger charge is 2.22. The van der Waals surface area contributed by atoms with E-state index in [0.29, 0.717) is 34.3 Å². The minimum absolute atomic E-state index is 0.165. The van der Waals surface area contributed by atoms with Crippen molar-refractivity contribution in [3.63, 3.8) is 0 Å². The van der Waals surface area contributed by atoms with E-state index in [9.17, 15) is 4.79 Å². The van der Waals surface area contributed by atoms with E-state index in [0.717, 1.165) is 63.2 Å². The molecule has 11 heteroatoms. The van der Waals surface area contributed by atoms with Crippen LogP contribution in [0.3, 0.4) is 0 Å². The molecular weight excluding hydrogens is 523 g/mol. The molecule has 2 fully saturated rings. The zero-order chi connectivity index (χ0) is 28.3. The first-order chi connectivity index (χ1) is 19.9. The molecule has 2 aromatic heterocycles. The van der Waals surface area contributed by atoms with Crippen molar-refractivity contribution in [3.8, 4) is 11.6 Å². The van der Waals surface area contributed by atoms with Gasteiger partial charge in [-0.1, -0.05) is 6.07 Å². The topological polar surface area (TPSA) is 102 Å². The number of nitrogens with zero attached hydrogens (tertiary/aromatic N) is 5. The average Bonchev–Trinajstić information content (AvgIpc) is 3.39. The van der Waals surface area contributed by atoms with Gasteiger partial charge in [-0.15, -0.1) is 0 Å². The molecule has 0 atom stereocenters. The second kappa shape index (κ2) is 11.6. The number of carbonyl (C=O) groups is 1. The van der Waals surface area contributed by atoms with Gasteiger partial charge in [-0.3, -0.25) is 4.79 Å². The van der Waals surface area contributed by atoms with Crippen LogP contribution in [0.15, 0.2) is 48.7 Å². The first kappa shape index (κ1) is 26.8. The van der Waals surface area contributed by atoms with Crippen molar-refractivity contribution in [2.75, 3.05) is 66.7 Å². The Morgan fingerprint density at radius 3 is 2.46 bits per heavy atom. The van der Waals surface area contributed by atoms with Crippen molar-refractivity contribution in [2.24, 2.45) is 0 Å². The number of piperazine rings is 1. The predicted octanol–water partition coefficient (Wildman–Crippen LogP) is 5.33. The molecule has 41 heavy (non-hydrogen) atoms. The first-order valence-corrected chi connectivity index (χ1v) is 14.1. The molecule has 2 aliphatic rings. The largest absolute Gasteiger partial charge is 0.438 e. The van der Waals surface area contributed by atoms with Crippen molar-refractivity contribution in [2.45, 2.75) is 26.2 Å². The maximum absolute atomic E-state index is 15.2. The Bertz CT molecular complexity index is 1540. The van der Waals surface area contributed by atoms with Gasteiger partial charge < -0.3 is 35.1 Å². The van der Waals surface area contributed by atoms with E-state index in [4.69, 9.17) is 14.7 Å². The van der Waals surface area contributed by atoms with E-state index in [1.165, 1.54) is 19.4 Å². The number of ether oxygens (including phenoxy) is 1. The summed E-state index contributed by atoms with van der Waals surface area (Å²) in [5, 5.41) is 6.73. The molecule has 0 spiro atoms. The van der Waals surface area contributed by atoms with Crippen LogP contribution < -0.4 is 25.2 Å². The number of hydrogen-bond donors (Lipinski definition) is 3. The minimum atomic E-state index is -0.292. The van der Waals surface area contributed by atoms with Crippen LogP contribution in [0, 0.1) is 5.82 Å². The van der Waals surface area contributed by atoms with Crippen molar-refractivity contribution in [1.29, 1.82) is 0 Å². The number of likely N-dealkylation sites (N-methyl/N-ethyl adjacent to an activating group) is 1. The third-order valence-electron chi connectivity index (χ3n) is 7.59. The van der Waals surface area contributed by atoms with Gasteiger partial charge in [-0.05, 0) is 56.6 Å². The number of H-pyrrole nitrogens is 1. The summed E-state index contributed by atoms with van der Waals surface area (Å²) >= 11 is 0.